The highest BCUT2D eigenvalue weighted by molar-refractivity contribution is 5.94. The molecule has 2 N–H and O–H groups in total. The molecule has 1 aliphatic heterocycles. The van der Waals surface area contributed by atoms with E-state index in [0.717, 1.165) is 0 Å². The minimum absolute atomic E-state index is 0.0184. The minimum Gasteiger partial charge on any atom is -0.394 e. The van der Waals surface area contributed by atoms with Gasteiger partial charge in [-0.05, 0) is 12.1 Å². The molecule has 3 rings (SSSR count). The first-order valence-electron chi connectivity index (χ1n) is 7.27. The average molecular weight is 330 g/mol. The molecule has 0 unspecified atom stereocenters. The first-order chi connectivity index (χ1) is 11.4. The molecule has 124 valence electrons. The fourth-order valence-electron chi connectivity index (χ4n) is 2.75. The van der Waals surface area contributed by atoms with E-state index in [-0.39, 0.29) is 23.0 Å². The predicted octanol–water partition coefficient (Wildman–Crippen LogP) is -0.265. The molecule has 0 aromatic heterocycles. The molecule has 0 radical (unpaired) electrons. The standard InChI is InChI=1S/C15H14N4O5/c16-11-12(14(21)13(11)20)17-5-7-18(8-6-17)15(22)9-1-3-10(4-2-9)19(23)24/h1-4H,5-8,16H2. The SMILES string of the molecule is Nc1c(N2CCN(C(=O)c3ccc([N+](=O)[O-])cc3)CC2)c(=O)c1=O. The largest absolute Gasteiger partial charge is 0.394 e. The number of piperazine rings is 1. The van der Waals surface area contributed by atoms with Gasteiger partial charge in [-0.3, -0.25) is 24.5 Å². The Balaban J connectivity index is 1.66. The molecular formula is C15H14N4O5. The Bertz CT molecular complexity index is 874. The Hall–Kier alpha value is -3.23. The van der Waals surface area contributed by atoms with E-state index in [1.807, 2.05) is 0 Å². The molecule has 0 bridgehead atoms. The number of nitro groups is 1. The molecular weight excluding hydrogens is 316 g/mol. The van der Waals surface area contributed by atoms with E-state index in [2.05, 4.69) is 0 Å². The number of carbonyl (C=O) groups is 1. The summed E-state index contributed by atoms with van der Waals surface area (Å²) in [6.07, 6.45) is 0. The van der Waals surface area contributed by atoms with E-state index < -0.39 is 15.8 Å². The third-order valence-electron chi connectivity index (χ3n) is 4.13. The van der Waals surface area contributed by atoms with Crippen LogP contribution in [0.4, 0.5) is 17.1 Å². The van der Waals surface area contributed by atoms with Gasteiger partial charge in [0.05, 0.1) is 4.92 Å². The fourth-order valence-corrected chi connectivity index (χ4v) is 2.75. The van der Waals surface area contributed by atoms with E-state index in [1.165, 1.54) is 24.3 Å². The Kier molecular flexibility index (Phi) is 3.76. The fraction of sp³-hybridized carbons (Fsp3) is 0.267. The predicted molar refractivity (Wildman–Crippen MR) is 87.0 cm³/mol. The van der Waals surface area contributed by atoms with Crippen LogP contribution in [0.2, 0.25) is 0 Å². The maximum absolute atomic E-state index is 12.4. The van der Waals surface area contributed by atoms with Gasteiger partial charge < -0.3 is 15.5 Å². The van der Waals surface area contributed by atoms with Crippen LogP contribution in [0.3, 0.4) is 0 Å². The number of nitrogen functional groups attached to an aromatic ring is 1. The van der Waals surface area contributed by atoms with Crippen LogP contribution in [0.15, 0.2) is 33.9 Å². The number of hydrogen-bond acceptors (Lipinski definition) is 7. The van der Waals surface area contributed by atoms with Gasteiger partial charge in [0, 0.05) is 43.9 Å². The van der Waals surface area contributed by atoms with E-state index in [4.69, 9.17) is 5.73 Å². The number of non-ortho nitro benzene ring substituents is 1. The molecule has 0 spiro atoms. The van der Waals surface area contributed by atoms with Crippen molar-refractivity contribution in [1.29, 1.82) is 0 Å². The van der Waals surface area contributed by atoms with Crippen LogP contribution in [0.25, 0.3) is 0 Å². The van der Waals surface area contributed by atoms with Crippen LogP contribution in [-0.2, 0) is 0 Å². The maximum Gasteiger partial charge on any atom is 0.269 e. The van der Waals surface area contributed by atoms with Crippen LogP contribution in [0.1, 0.15) is 10.4 Å². The molecule has 1 fully saturated rings. The van der Waals surface area contributed by atoms with Gasteiger partial charge in [-0.1, -0.05) is 0 Å². The number of rotatable bonds is 3. The van der Waals surface area contributed by atoms with Gasteiger partial charge in [-0.2, -0.15) is 0 Å². The van der Waals surface area contributed by atoms with Gasteiger partial charge in [0.15, 0.2) is 0 Å². The van der Waals surface area contributed by atoms with Crippen LogP contribution in [0, 0.1) is 10.1 Å². The van der Waals surface area contributed by atoms with Crippen molar-refractivity contribution in [2.24, 2.45) is 0 Å². The maximum atomic E-state index is 12.4. The summed E-state index contributed by atoms with van der Waals surface area (Å²) < 4.78 is 0. The smallest absolute Gasteiger partial charge is 0.269 e. The van der Waals surface area contributed by atoms with Gasteiger partial charge in [-0.25, -0.2) is 0 Å². The monoisotopic (exact) mass is 330 g/mol. The number of nitrogens with two attached hydrogens (primary N) is 1. The zero-order chi connectivity index (χ0) is 17.4. The number of anilines is 2. The molecule has 0 saturated carbocycles. The van der Waals surface area contributed by atoms with Crippen LogP contribution < -0.4 is 21.5 Å². The van der Waals surface area contributed by atoms with E-state index >= 15 is 0 Å². The zero-order valence-corrected chi connectivity index (χ0v) is 12.6. The van der Waals surface area contributed by atoms with E-state index in [0.29, 0.717) is 31.7 Å². The van der Waals surface area contributed by atoms with E-state index in [1.54, 1.807) is 9.80 Å². The number of carbonyl (C=O) groups excluding carboxylic acids is 1. The minimum atomic E-state index is -0.658. The molecule has 1 saturated heterocycles. The summed E-state index contributed by atoms with van der Waals surface area (Å²) in [4.78, 5) is 48.5. The van der Waals surface area contributed by atoms with Crippen molar-refractivity contribution in [2.75, 3.05) is 36.8 Å². The molecule has 9 nitrogen and oxygen atoms in total. The van der Waals surface area contributed by atoms with Crippen molar-refractivity contribution in [3.63, 3.8) is 0 Å². The summed E-state index contributed by atoms with van der Waals surface area (Å²) >= 11 is 0. The number of nitrogens with zero attached hydrogens (tertiary/aromatic N) is 3. The lowest BCUT2D eigenvalue weighted by molar-refractivity contribution is -0.384. The lowest BCUT2D eigenvalue weighted by Crippen LogP contribution is -2.52. The lowest BCUT2D eigenvalue weighted by Gasteiger charge is -2.36. The highest BCUT2D eigenvalue weighted by Gasteiger charge is 2.28. The second-order valence-corrected chi connectivity index (χ2v) is 5.50. The topological polar surface area (TPSA) is 127 Å². The quantitative estimate of drug-likeness (QED) is 0.466. The summed E-state index contributed by atoms with van der Waals surface area (Å²) in [5.41, 5.74) is 4.81. The van der Waals surface area contributed by atoms with Crippen molar-refractivity contribution in [1.82, 2.24) is 4.90 Å². The van der Waals surface area contributed by atoms with Crippen molar-refractivity contribution in [3.05, 3.63) is 60.4 Å². The number of amides is 1. The molecule has 0 aliphatic carbocycles. The summed E-state index contributed by atoms with van der Waals surface area (Å²) in [7, 11) is 0. The average Bonchev–Trinajstić information content (AvgIpc) is 2.61. The second kappa shape index (κ2) is 5.76. The molecule has 1 aliphatic rings. The van der Waals surface area contributed by atoms with Crippen LogP contribution in [-0.4, -0.2) is 41.9 Å². The van der Waals surface area contributed by atoms with Crippen LogP contribution >= 0.6 is 0 Å². The van der Waals surface area contributed by atoms with E-state index in [9.17, 15) is 24.5 Å². The second-order valence-electron chi connectivity index (χ2n) is 5.50. The Morgan fingerprint density at radius 2 is 1.62 bits per heavy atom. The third-order valence-corrected chi connectivity index (χ3v) is 4.13. The van der Waals surface area contributed by atoms with Gasteiger partial charge in [0.25, 0.3) is 22.5 Å². The lowest BCUT2D eigenvalue weighted by atomic mass is 10.1. The molecule has 2 aromatic rings. The molecule has 1 heterocycles. The molecule has 24 heavy (non-hydrogen) atoms. The molecule has 0 atom stereocenters. The zero-order valence-electron chi connectivity index (χ0n) is 12.6. The number of benzene rings is 1. The molecule has 2 aromatic carbocycles. The van der Waals surface area contributed by atoms with Gasteiger partial charge in [0.2, 0.25) is 0 Å². The number of nitro benzene ring substituents is 1. The van der Waals surface area contributed by atoms with Crippen molar-refractivity contribution in [3.8, 4) is 0 Å². The first kappa shape index (κ1) is 15.7. The summed E-state index contributed by atoms with van der Waals surface area (Å²) in [5, 5.41) is 10.6. The number of hydrogen-bond donors (Lipinski definition) is 1. The summed E-state index contributed by atoms with van der Waals surface area (Å²) in [6.45, 7) is 1.53. The third kappa shape index (κ3) is 2.49. The first-order valence-corrected chi connectivity index (χ1v) is 7.27. The van der Waals surface area contributed by atoms with Crippen molar-refractivity contribution >= 4 is 23.0 Å². The summed E-state index contributed by atoms with van der Waals surface area (Å²) in [6, 6.07) is 5.41. The van der Waals surface area contributed by atoms with Gasteiger partial charge in [-0.15, -0.1) is 0 Å². The van der Waals surface area contributed by atoms with Crippen molar-refractivity contribution < 1.29 is 9.72 Å². The molecule has 9 heteroatoms. The highest BCUT2D eigenvalue weighted by atomic mass is 16.6. The Morgan fingerprint density at radius 1 is 1.04 bits per heavy atom. The molecule has 1 amide bonds. The van der Waals surface area contributed by atoms with Crippen LogP contribution in [0.5, 0.6) is 0 Å². The van der Waals surface area contributed by atoms with Crippen molar-refractivity contribution in [2.45, 2.75) is 0 Å². The Labute approximate surface area is 135 Å². The van der Waals surface area contributed by atoms with Gasteiger partial charge >= 0.3 is 0 Å². The Morgan fingerprint density at radius 3 is 2.12 bits per heavy atom. The highest BCUT2D eigenvalue weighted by Crippen LogP contribution is 2.20. The summed E-state index contributed by atoms with van der Waals surface area (Å²) in [5.74, 6) is -0.234. The van der Waals surface area contributed by atoms with Gasteiger partial charge in [0.1, 0.15) is 11.4 Å². The normalized spacial score (nSPS) is 14.8.